The molecule has 162 valence electrons. The van der Waals surface area contributed by atoms with Crippen LogP contribution in [0.4, 0.5) is 5.69 Å². The van der Waals surface area contributed by atoms with E-state index in [2.05, 4.69) is 11.8 Å². The van der Waals surface area contributed by atoms with E-state index in [0.717, 1.165) is 29.0 Å². The fourth-order valence-corrected chi connectivity index (χ4v) is 5.09. The summed E-state index contributed by atoms with van der Waals surface area (Å²) < 4.78 is 24.0. The second kappa shape index (κ2) is 9.81. The molecule has 9 heteroatoms. The maximum absolute atomic E-state index is 13.3. The first-order chi connectivity index (χ1) is 14.2. The van der Waals surface area contributed by atoms with Crippen molar-refractivity contribution in [3.8, 4) is 0 Å². The van der Waals surface area contributed by atoms with Crippen LogP contribution in [-0.2, 0) is 9.84 Å². The monoisotopic (exact) mass is 486 g/mol. The third kappa shape index (κ3) is 5.44. The van der Waals surface area contributed by atoms with Crippen molar-refractivity contribution in [1.82, 2.24) is 4.90 Å². The smallest absolute Gasteiger partial charge is 0.255 e. The molecule has 1 amide bonds. The van der Waals surface area contributed by atoms with Crippen LogP contribution in [0, 0.1) is 0 Å². The normalized spacial score (nSPS) is 14.8. The number of carbonyl (C=O) groups is 1. The molecular weight excluding hydrogens is 463 g/mol. The Morgan fingerprint density at radius 3 is 2.33 bits per heavy atom. The number of benzene rings is 2. The number of sulfone groups is 1. The number of anilines is 1. The minimum absolute atomic E-state index is 0.132. The van der Waals surface area contributed by atoms with Gasteiger partial charge < -0.3 is 9.80 Å². The van der Waals surface area contributed by atoms with Crippen molar-refractivity contribution in [2.24, 2.45) is 0 Å². The largest absolute Gasteiger partial charge is 0.368 e. The lowest BCUT2D eigenvalue weighted by Crippen LogP contribution is -2.49. The van der Waals surface area contributed by atoms with E-state index in [1.54, 1.807) is 34.9 Å². The summed E-state index contributed by atoms with van der Waals surface area (Å²) in [6.07, 6.45) is 2.12. The van der Waals surface area contributed by atoms with Gasteiger partial charge in [0, 0.05) is 43.0 Å². The number of hydrogen-bond donors (Lipinski definition) is 0. The lowest BCUT2D eigenvalue weighted by Gasteiger charge is -2.36. The number of hydrogen-bond acceptors (Lipinski definition) is 5. The molecule has 1 aliphatic rings. The Balaban J connectivity index is 1.78. The van der Waals surface area contributed by atoms with Crippen LogP contribution < -0.4 is 4.90 Å². The summed E-state index contributed by atoms with van der Waals surface area (Å²) in [4.78, 5) is 18.2. The van der Waals surface area contributed by atoms with Crippen LogP contribution >= 0.6 is 35.0 Å². The zero-order chi connectivity index (χ0) is 21.9. The first kappa shape index (κ1) is 23.3. The number of thioether (sulfide) groups is 1. The molecule has 0 saturated carbocycles. The zero-order valence-corrected chi connectivity index (χ0v) is 20.0. The van der Waals surface area contributed by atoms with Crippen LogP contribution in [0.15, 0.2) is 46.2 Å². The number of amides is 1. The minimum Gasteiger partial charge on any atom is -0.368 e. The predicted molar refractivity (Wildman–Crippen MR) is 125 cm³/mol. The molecule has 0 aromatic heterocycles. The average Bonchev–Trinajstić information content (AvgIpc) is 2.73. The lowest BCUT2D eigenvalue weighted by atomic mass is 10.1. The van der Waals surface area contributed by atoms with E-state index >= 15 is 0 Å². The molecule has 2 aromatic rings. The first-order valence-electron chi connectivity index (χ1n) is 9.67. The summed E-state index contributed by atoms with van der Waals surface area (Å²) in [5, 5.41) is 1.01. The van der Waals surface area contributed by atoms with Gasteiger partial charge in [-0.2, -0.15) is 0 Å². The quantitative estimate of drug-likeness (QED) is 0.545. The fraction of sp³-hybridized carbons (Fsp3) is 0.381. The van der Waals surface area contributed by atoms with Crippen molar-refractivity contribution < 1.29 is 13.2 Å². The Morgan fingerprint density at radius 1 is 1.03 bits per heavy atom. The van der Waals surface area contributed by atoms with Gasteiger partial charge in [0.15, 0.2) is 9.84 Å². The zero-order valence-electron chi connectivity index (χ0n) is 16.9. The molecule has 3 rings (SSSR count). The van der Waals surface area contributed by atoms with E-state index in [1.807, 2.05) is 12.1 Å². The van der Waals surface area contributed by atoms with E-state index in [0.29, 0.717) is 41.8 Å². The molecule has 2 aromatic carbocycles. The number of halogens is 2. The number of piperazine rings is 1. The highest BCUT2D eigenvalue weighted by Gasteiger charge is 2.25. The van der Waals surface area contributed by atoms with Crippen molar-refractivity contribution >= 4 is 56.4 Å². The Hall–Kier alpha value is -1.41. The molecule has 5 nitrogen and oxygen atoms in total. The number of nitrogens with zero attached hydrogens (tertiary/aromatic N) is 2. The van der Waals surface area contributed by atoms with Crippen molar-refractivity contribution in [3.05, 3.63) is 52.0 Å². The van der Waals surface area contributed by atoms with E-state index in [-0.39, 0.29) is 10.8 Å². The molecule has 0 bridgehead atoms. The Kier molecular flexibility index (Phi) is 7.61. The molecule has 0 N–H and O–H groups in total. The highest BCUT2D eigenvalue weighted by atomic mass is 35.5. The molecule has 0 atom stereocenters. The molecule has 1 fully saturated rings. The second-order valence-corrected chi connectivity index (χ2v) is 11.1. The summed E-state index contributed by atoms with van der Waals surface area (Å²) in [6, 6.07) is 10.4. The number of carbonyl (C=O) groups excluding carboxylic acids is 1. The minimum atomic E-state index is -3.39. The van der Waals surface area contributed by atoms with Gasteiger partial charge in [-0.1, -0.05) is 30.1 Å². The van der Waals surface area contributed by atoms with Crippen LogP contribution in [0.1, 0.15) is 23.7 Å². The topological polar surface area (TPSA) is 57.7 Å². The Bertz CT molecular complexity index is 1040. The molecule has 30 heavy (non-hydrogen) atoms. The Morgan fingerprint density at radius 2 is 1.73 bits per heavy atom. The van der Waals surface area contributed by atoms with Gasteiger partial charge >= 0.3 is 0 Å². The highest BCUT2D eigenvalue weighted by Crippen LogP contribution is 2.30. The molecule has 1 saturated heterocycles. The van der Waals surface area contributed by atoms with Crippen LogP contribution in [0.25, 0.3) is 0 Å². The van der Waals surface area contributed by atoms with E-state index < -0.39 is 9.84 Å². The van der Waals surface area contributed by atoms with Crippen molar-refractivity contribution in [3.63, 3.8) is 0 Å². The van der Waals surface area contributed by atoms with E-state index in [4.69, 9.17) is 23.2 Å². The average molecular weight is 487 g/mol. The summed E-state index contributed by atoms with van der Waals surface area (Å²) in [7, 11) is -3.39. The number of rotatable bonds is 6. The highest BCUT2D eigenvalue weighted by molar-refractivity contribution is 7.99. The van der Waals surface area contributed by atoms with Gasteiger partial charge in [0.1, 0.15) is 0 Å². The molecule has 1 aliphatic heterocycles. The van der Waals surface area contributed by atoms with Gasteiger partial charge in [0.2, 0.25) is 0 Å². The van der Waals surface area contributed by atoms with Gasteiger partial charge in [-0.3, -0.25) is 4.79 Å². The molecule has 1 heterocycles. The lowest BCUT2D eigenvalue weighted by molar-refractivity contribution is 0.0743. The second-order valence-electron chi connectivity index (χ2n) is 7.16. The van der Waals surface area contributed by atoms with Gasteiger partial charge in [-0.15, -0.1) is 11.8 Å². The molecule has 0 spiro atoms. The van der Waals surface area contributed by atoms with Crippen LogP contribution in [0.3, 0.4) is 0 Å². The SMILES string of the molecule is CCCSc1ccc(S(C)(=O)=O)cc1C(=O)N1CCN(c2ccc(Cl)c(Cl)c2)CC1. The maximum Gasteiger partial charge on any atom is 0.255 e. The summed E-state index contributed by atoms with van der Waals surface area (Å²) in [5.74, 6) is 0.733. The third-order valence-corrected chi connectivity index (χ3v) is 8.04. The van der Waals surface area contributed by atoms with Crippen LogP contribution in [0.2, 0.25) is 10.0 Å². The summed E-state index contributed by atoms with van der Waals surface area (Å²) in [6.45, 7) is 4.47. The molecule has 0 aliphatic carbocycles. The standard InChI is InChI=1S/C21H24Cl2N2O3S2/c1-3-12-29-20-7-5-16(30(2,27)28)14-17(20)21(26)25-10-8-24(9-11-25)15-4-6-18(22)19(23)13-15/h4-7,13-14H,3,8-12H2,1-2H3. The molecular formula is C21H24Cl2N2O3S2. The van der Waals surface area contributed by atoms with E-state index in [9.17, 15) is 13.2 Å². The third-order valence-electron chi connectivity index (χ3n) is 4.91. The van der Waals surface area contributed by atoms with Crippen molar-refractivity contribution in [2.45, 2.75) is 23.1 Å². The van der Waals surface area contributed by atoms with Gasteiger partial charge in [0.05, 0.1) is 20.5 Å². The summed E-state index contributed by atoms with van der Waals surface area (Å²) in [5.41, 5.74) is 1.43. The fourth-order valence-electron chi connectivity index (χ4n) is 3.26. The maximum atomic E-state index is 13.3. The van der Waals surface area contributed by atoms with Crippen LogP contribution in [-0.4, -0.2) is 57.4 Å². The van der Waals surface area contributed by atoms with Gasteiger partial charge in [-0.05, 0) is 48.6 Å². The van der Waals surface area contributed by atoms with Crippen molar-refractivity contribution in [1.29, 1.82) is 0 Å². The Labute approximate surface area is 192 Å². The molecule has 0 unspecified atom stereocenters. The van der Waals surface area contributed by atoms with E-state index in [1.165, 1.54) is 6.07 Å². The van der Waals surface area contributed by atoms with Crippen molar-refractivity contribution in [2.75, 3.05) is 43.1 Å². The molecule has 0 radical (unpaired) electrons. The van der Waals surface area contributed by atoms with Gasteiger partial charge in [-0.25, -0.2) is 8.42 Å². The summed E-state index contributed by atoms with van der Waals surface area (Å²) >= 11 is 13.7. The van der Waals surface area contributed by atoms with Gasteiger partial charge in [0.25, 0.3) is 5.91 Å². The predicted octanol–water partition coefficient (Wildman–Crippen LogP) is 4.86. The van der Waals surface area contributed by atoms with Crippen LogP contribution in [0.5, 0.6) is 0 Å². The first-order valence-corrected chi connectivity index (χ1v) is 13.3.